The van der Waals surface area contributed by atoms with E-state index in [0.717, 1.165) is 50.5 Å². The van der Waals surface area contributed by atoms with Gasteiger partial charge in [0.25, 0.3) is 0 Å². The molecule has 0 fully saturated rings. The van der Waals surface area contributed by atoms with Crippen LogP contribution in [0.4, 0.5) is 17.1 Å². The number of nitrogens with zero attached hydrogens (tertiary/aromatic N) is 1. The predicted octanol–water partition coefficient (Wildman–Crippen LogP) is 11.5. The van der Waals surface area contributed by atoms with Crippen molar-refractivity contribution in [3.05, 3.63) is 164 Å². The monoisotopic (exact) mass is 537 g/mol. The average Bonchev–Trinajstić information content (AvgIpc) is 3.50. The molecule has 1 heterocycles. The van der Waals surface area contributed by atoms with Gasteiger partial charge in [-0.15, -0.1) is 0 Å². The molecule has 42 heavy (non-hydrogen) atoms. The predicted molar refractivity (Wildman–Crippen MR) is 177 cm³/mol. The van der Waals surface area contributed by atoms with Crippen molar-refractivity contribution in [2.45, 2.75) is 0 Å². The Hall–Kier alpha value is -5.60. The first-order valence-electron chi connectivity index (χ1n) is 14.3. The first-order chi connectivity index (χ1) is 20.8. The van der Waals surface area contributed by atoms with E-state index in [2.05, 4.69) is 150 Å². The van der Waals surface area contributed by atoms with Crippen molar-refractivity contribution < 1.29 is 4.42 Å². The summed E-state index contributed by atoms with van der Waals surface area (Å²) in [6.07, 6.45) is 0. The Morgan fingerprint density at radius 1 is 0.333 bits per heavy atom. The lowest BCUT2D eigenvalue weighted by molar-refractivity contribution is 0.631. The minimum atomic E-state index is 0.883. The van der Waals surface area contributed by atoms with Gasteiger partial charge < -0.3 is 9.32 Å². The summed E-state index contributed by atoms with van der Waals surface area (Å²) in [5, 5.41) is 6.03. The molecule has 0 radical (unpaired) electrons. The zero-order valence-electron chi connectivity index (χ0n) is 22.9. The molecule has 0 N–H and O–H groups in total. The first kappa shape index (κ1) is 24.2. The summed E-state index contributed by atoms with van der Waals surface area (Å²) >= 11 is 0. The third-order valence-electron chi connectivity index (χ3n) is 8.01. The Bertz CT molecular complexity index is 2090. The number of para-hydroxylation sites is 1. The van der Waals surface area contributed by atoms with Crippen LogP contribution >= 0.6 is 0 Å². The van der Waals surface area contributed by atoms with Gasteiger partial charge in [-0.05, 0) is 87.3 Å². The molecule has 0 aliphatic rings. The molecule has 0 spiro atoms. The fraction of sp³-hybridized carbons (Fsp3) is 0. The highest BCUT2D eigenvalue weighted by Crippen LogP contribution is 2.39. The van der Waals surface area contributed by atoms with Crippen LogP contribution < -0.4 is 4.90 Å². The number of rotatable bonds is 5. The Labute approximate surface area is 244 Å². The average molecular weight is 538 g/mol. The topological polar surface area (TPSA) is 16.4 Å². The van der Waals surface area contributed by atoms with Gasteiger partial charge >= 0.3 is 0 Å². The minimum absolute atomic E-state index is 0.883. The van der Waals surface area contributed by atoms with E-state index >= 15 is 0 Å². The van der Waals surface area contributed by atoms with Crippen molar-refractivity contribution in [3.8, 4) is 22.5 Å². The molecule has 0 saturated carbocycles. The van der Waals surface area contributed by atoms with Gasteiger partial charge in [0, 0.05) is 28.0 Å². The van der Waals surface area contributed by atoms with Crippen LogP contribution in [0, 0.1) is 0 Å². The number of hydrogen-bond acceptors (Lipinski definition) is 2. The summed E-state index contributed by atoms with van der Waals surface area (Å²) in [6, 6.07) is 58.1. The van der Waals surface area contributed by atoms with Crippen LogP contribution in [0.3, 0.4) is 0 Å². The maximum absolute atomic E-state index is 6.15. The van der Waals surface area contributed by atoms with E-state index in [4.69, 9.17) is 4.42 Å². The van der Waals surface area contributed by atoms with E-state index in [-0.39, 0.29) is 0 Å². The highest BCUT2D eigenvalue weighted by molar-refractivity contribution is 5.93. The number of hydrogen-bond donors (Lipinski definition) is 0. The molecule has 8 rings (SSSR count). The van der Waals surface area contributed by atoms with Crippen molar-refractivity contribution >= 4 is 49.6 Å². The SMILES string of the molecule is c1cc(-c2ccc(N(c3ccc4ccccc4c3)c3ccc4ccccc4c3)cc2)cc(-c2cc3ccccc3o2)c1. The molecule has 2 nitrogen and oxygen atoms in total. The molecule has 0 saturated heterocycles. The quantitative estimate of drug-likeness (QED) is 0.217. The van der Waals surface area contributed by atoms with Gasteiger partial charge in [0.2, 0.25) is 0 Å². The summed E-state index contributed by atoms with van der Waals surface area (Å²) < 4.78 is 6.15. The van der Waals surface area contributed by atoms with Crippen molar-refractivity contribution in [1.82, 2.24) is 0 Å². The number of benzene rings is 7. The Kier molecular flexibility index (Phi) is 5.82. The highest BCUT2D eigenvalue weighted by atomic mass is 16.3. The molecule has 0 atom stereocenters. The third-order valence-corrected chi connectivity index (χ3v) is 8.01. The first-order valence-corrected chi connectivity index (χ1v) is 14.3. The standard InChI is InChI=1S/C40H27NO/c1-3-10-32-25-37(22-18-28(32)8-1)41(38-23-19-29-9-2-4-11-33(29)26-38)36-20-16-30(17-21-36)31-13-7-14-34(24-31)40-27-35-12-5-6-15-39(35)42-40/h1-27H. The Balaban J connectivity index is 1.20. The molecule has 0 unspecified atom stereocenters. The van der Waals surface area contributed by atoms with Gasteiger partial charge in [-0.1, -0.05) is 109 Å². The molecule has 7 aromatic carbocycles. The van der Waals surface area contributed by atoms with E-state index in [9.17, 15) is 0 Å². The lowest BCUT2D eigenvalue weighted by Crippen LogP contribution is -2.09. The third kappa shape index (κ3) is 4.40. The van der Waals surface area contributed by atoms with Crippen LogP contribution in [-0.2, 0) is 0 Å². The number of furan rings is 1. The summed E-state index contributed by atoms with van der Waals surface area (Å²) in [4.78, 5) is 2.34. The molecule has 1 aromatic heterocycles. The second kappa shape index (κ2) is 10.1. The maximum Gasteiger partial charge on any atom is 0.135 e. The molecule has 0 amide bonds. The summed E-state index contributed by atoms with van der Waals surface area (Å²) in [7, 11) is 0. The van der Waals surface area contributed by atoms with Gasteiger partial charge in [-0.3, -0.25) is 0 Å². The Morgan fingerprint density at radius 3 is 1.52 bits per heavy atom. The lowest BCUT2D eigenvalue weighted by atomic mass is 10.0. The van der Waals surface area contributed by atoms with E-state index in [0.29, 0.717) is 0 Å². The summed E-state index contributed by atoms with van der Waals surface area (Å²) in [6.45, 7) is 0. The molecule has 0 aliphatic carbocycles. The van der Waals surface area contributed by atoms with Crippen LogP contribution in [0.15, 0.2) is 168 Å². The zero-order valence-corrected chi connectivity index (χ0v) is 22.9. The van der Waals surface area contributed by atoms with E-state index < -0.39 is 0 Å². The minimum Gasteiger partial charge on any atom is -0.456 e. The number of anilines is 3. The fourth-order valence-electron chi connectivity index (χ4n) is 5.86. The van der Waals surface area contributed by atoms with Crippen LogP contribution in [0.25, 0.3) is 55.0 Å². The lowest BCUT2D eigenvalue weighted by Gasteiger charge is -2.26. The summed E-state index contributed by atoms with van der Waals surface area (Å²) in [5.74, 6) is 0.883. The van der Waals surface area contributed by atoms with Crippen molar-refractivity contribution in [2.24, 2.45) is 0 Å². The number of fused-ring (bicyclic) bond motifs is 3. The van der Waals surface area contributed by atoms with Crippen LogP contribution in [-0.4, -0.2) is 0 Å². The Morgan fingerprint density at radius 2 is 0.881 bits per heavy atom. The van der Waals surface area contributed by atoms with Crippen molar-refractivity contribution in [2.75, 3.05) is 4.90 Å². The van der Waals surface area contributed by atoms with Gasteiger partial charge in [-0.2, -0.15) is 0 Å². The van der Waals surface area contributed by atoms with E-state index in [1.807, 2.05) is 18.2 Å². The normalized spacial score (nSPS) is 11.3. The molecule has 0 bridgehead atoms. The smallest absolute Gasteiger partial charge is 0.135 e. The molecule has 8 aromatic rings. The van der Waals surface area contributed by atoms with Crippen molar-refractivity contribution in [1.29, 1.82) is 0 Å². The van der Waals surface area contributed by atoms with Crippen LogP contribution in [0.2, 0.25) is 0 Å². The summed E-state index contributed by atoms with van der Waals surface area (Å²) in [5.41, 5.74) is 7.66. The van der Waals surface area contributed by atoms with Crippen LogP contribution in [0.1, 0.15) is 0 Å². The second-order valence-electron chi connectivity index (χ2n) is 10.7. The van der Waals surface area contributed by atoms with Gasteiger partial charge in [0.05, 0.1) is 0 Å². The molecular formula is C40H27NO. The zero-order chi connectivity index (χ0) is 27.9. The fourth-order valence-corrected chi connectivity index (χ4v) is 5.86. The highest BCUT2D eigenvalue weighted by Gasteiger charge is 2.15. The molecule has 2 heteroatoms. The van der Waals surface area contributed by atoms with E-state index in [1.54, 1.807) is 0 Å². The maximum atomic E-state index is 6.15. The second-order valence-corrected chi connectivity index (χ2v) is 10.7. The van der Waals surface area contributed by atoms with Gasteiger partial charge in [0.1, 0.15) is 11.3 Å². The molecular weight excluding hydrogens is 510 g/mol. The van der Waals surface area contributed by atoms with Gasteiger partial charge in [-0.25, -0.2) is 0 Å². The van der Waals surface area contributed by atoms with Crippen molar-refractivity contribution in [3.63, 3.8) is 0 Å². The molecule has 0 aliphatic heterocycles. The van der Waals surface area contributed by atoms with E-state index in [1.165, 1.54) is 21.5 Å². The largest absolute Gasteiger partial charge is 0.456 e. The molecule has 198 valence electrons. The van der Waals surface area contributed by atoms with Crippen LogP contribution in [0.5, 0.6) is 0 Å². The van der Waals surface area contributed by atoms with Gasteiger partial charge in [0.15, 0.2) is 0 Å².